The van der Waals surface area contributed by atoms with Gasteiger partial charge in [0.15, 0.2) is 0 Å². The van der Waals surface area contributed by atoms with Crippen molar-refractivity contribution >= 4 is 23.2 Å². The van der Waals surface area contributed by atoms with E-state index in [4.69, 9.17) is 4.42 Å². The minimum atomic E-state index is -0.920. The van der Waals surface area contributed by atoms with Crippen molar-refractivity contribution in [2.45, 2.75) is 40.0 Å². The normalized spacial score (nSPS) is 11.5. The molecule has 0 atom stereocenters. The number of aryl methyl sites for hydroxylation is 1. The van der Waals surface area contributed by atoms with Crippen molar-refractivity contribution in [3.05, 3.63) is 28.3 Å². The van der Waals surface area contributed by atoms with Crippen molar-refractivity contribution in [3.8, 4) is 11.5 Å². The Balaban J connectivity index is 2.01. The molecule has 0 aliphatic rings. The number of rotatable bonds is 8. The number of carbonyl (C=O) groups excluding carboxylic acids is 1. The van der Waals surface area contributed by atoms with Crippen LogP contribution in [0.5, 0.6) is 0 Å². The van der Waals surface area contributed by atoms with Gasteiger partial charge in [0, 0.05) is 17.5 Å². The molecule has 0 aliphatic heterocycles. The largest absolute Gasteiger partial charge is 0.481 e. The smallest absolute Gasteiger partial charge is 0.311 e. The molecule has 0 fully saturated rings. The molecule has 2 aromatic rings. The number of hydrogen-bond acceptors (Lipinski definition) is 5. The number of nitrogens with zero attached hydrogens (tertiary/aromatic N) is 1. The number of carboxylic acids is 1. The summed E-state index contributed by atoms with van der Waals surface area (Å²) in [6.45, 7) is 5.52. The minimum Gasteiger partial charge on any atom is -0.481 e. The van der Waals surface area contributed by atoms with Crippen molar-refractivity contribution in [2.24, 2.45) is 5.41 Å². The molecule has 24 heavy (non-hydrogen) atoms. The number of carbonyl (C=O) groups is 2. The lowest BCUT2D eigenvalue weighted by Gasteiger charge is -2.26. The van der Waals surface area contributed by atoms with E-state index in [1.165, 1.54) is 0 Å². The fourth-order valence-corrected chi connectivity index (χ4v) is 3.09. The molecule has 0 aliphatic carbocycles. The molecule has 0 unspecified atom stereocenters. The third-order valence-corrected chi connectivity index (χ3v) is 5.10. The van der Waals surface area contributed by atoms with Crippen LogP contribution in [0.3, 0.4) is 0 Å². The summed E-state index contributed by atoms with van der Waals surface area (Å²) in [5.74, 6) is -0.0404. The molecule has 2 aromatic heterocycles. The van der Waals surface area contributed by atoms with Crippen LogP contribution in [0.4, 0.5) is 0 Å². The summed E-state index contributed by atoms with van der Waals surface area (Å²) in [4.78, 5) is 28.0. The monoisotopic (exact) mass is 350 g/mol. The number of carboxylic acid groups (broad SMARTS) is 1. The van der Waals surface area contributed by atoms with Crippen LogP contribution < -0.4 is 5.32 Å². The van der Waals surface area contributed by atoms with Gasteiger partial charge in [0.1, 0.15) is 5.76 Å². The summed E-state index contributed by atoms with van der Waals surface area (Å²) in [6.07, 6.45) is 0.997. The van der Waals surface area contributed by atoms with Crippen molar-refractivity contribution in [2.75, 3.05) is 6.54 Å². The van der Waals surface area contributed by atoms with Gasteiger partial charge in [0.05, 0.1) is 17.5 Å². The molecule has 2 heterocycles. The number of aromatic nitrogens is 1. The number of amides is 1. The Labute approximate surface area is 144 Å². The van der Waals surface area contributed by atoms with Gasteiger partial charge in [-0.25, -0.2) is 4.98 Å². The van der Waals surface area contributed by atoms with Crippen LogP contribution in [0, 0.1) is 12.3 Å². The maximum absolute atomic E-state index is 12.2. The van der Waals surface area contributed by atoms with Crippen molar-refractivity contribution < 1.29 is 19.1 Å². The van der Waals surface area contributed by atoms with E-state index >= 15 is 0 Å². The molecule has 6 nitrogen and oxygen atoms in total. The fourth-order valence-electron chi connectivity index (χ4n) is 2.46. The van der Waals surface area contributed by atoms with Gasteiger partial charge in [-0.05, 0) is 31.2 Å². The zero-order valence-corrected chi connectivity index (χ0v) is 14.9. The van der Waals surface area contributed by atoms with Gasteiger partial charge in [-0.1, -0.05) is 13.8 Å². The van der Waals surface area contributed by atoms with E-state index in [-0.39, 0.29) is 18.9 Å². The summed E-state index contributed by atoms with van der Waals surface area (Å²) >= 11 is 1.55. The Kier molecular flexibility index (Phi) is 5.77. The average Bonchev–Trinajstić information content (AvgIpc) is 3.19. The van der Waals surface area contributed by atoms with E-state index in [0.29, 0.717) is 30.2 Å². The summed E-state index contributed by atoms with van der Waals surface area (Å²) in [7, 11) is 0. The Morgan fingerprint density at radius 1 is 1.38 bits per heavy atom. The van der Waals surface area contributed by atoms with Crippen LogP contribution in [-0.4, -0.2) is 28.5 Å². The van der Waals surface area contributed by atoms with Crippen molar-refractivity contribution in [3.63, 3.8) is 0 Å². The fraction of sp³-hybridized carbons (Fsp3) is 0.471. The predicted molar refractivity (Wildman–Crippen MR) is 91.9 cm³/mol. The highest BCUT2D eigenvalue weighted by atomic mass is 32.1. The molecule has 7 heteroatoms. The first-order chi connectivity index (χ1) is 11.4. The molecular formula is C17H22N2O4S. The summed E-state index contributed by atoms with van der Waals surface area (Å²) < 4.78 is 5.61. The predicted octanol–water partition coefficient (Wildman–Crippen LogP) is 3.26. The first kappa shape index (κ1) is 18.2. The Morgan fingerprint density at radius 2 is 2.08 bits per heavy atom. The lowest BCUT2D eigenvalue weighted by atomic mass is 9.82. The van der Waals surface area contributed by atoms with Crippen LogP contribution in [0.1, 0.15) is 38.1 Å². The molecule has 2 N–H and O–H groups in total. The van der Waals surface area contributed by atoms with Crippen molar-refractivity contribution in [1.29, 1.82) is 0 Å². The van der Waals surface area contributed by atoms with E-state index in [1.54, 1.807) is 18.3 Å². The quantitative estimate of drug-likeness (QED) is 0.762. The van der Waals surface area contributed by atoms with Crippen LogP contribution in [0.15, 0.2) is 21.2 Å². The summed E-state index contributed by atoms with van der Waals surface area (Å²) in [6, 6.07) is 1.91. The number of hydrogen-bond donors (Lipinski definition) is 2. The molecule has 0 saturated heterocycles. The van der Waals surface area contributed by atoms with Gasteiger partial charge in [-0.3, -0.25) is 9.59 Å². The molecule has 0 bridgehead atoms. The highest BCUT2D eigenvalue weighted by Crippen LogP contribution is 2.26. The Morgan fingerprint density at radius 3 is 2.62 bits per heavy atom. The highest BCUT2D eigenvalue weighted by Gasteiger charge is 2.35. The maximum atomic E-state index is 12.2. The standard InChI is InChI=1S/C17H22N2O4S/c1-4-17(5-2,16(21)22)10-18-14(20)8-13-11(3)23-15(19-13)12-6-7-24-9-12/h6-7,9H,4-5,8,10H2,1-3H3,(H,18,20)(H,21,22). The average molecular weight is 350 g/mol. The number of oxazole rings is 1. The van der Waals surface area contributed by atoms with E-state index in [1.807, 2.05) is 30.7 Å². The van der Waals surface area contributed by atoms with E-state index in [2.05, 4.69) is 10.3 Å². The van der Waals surface area contributed by atoms with E-state index < -0.39 is 11.4 Å². The third kappa shape index (κ3) is 3.84. The molecule has 1 amide bonds. The molecule has 0 saturated carbocycles. The van der Waals surface area contributed by atoms with Crippen LogP contribution >= 0.6 is 11.3 Å². The van der Waals surface area contributed by atoms with Gasteiger partial charge in [0.2, 0.25) is 11.8 Å². The minimum absolute atomic E-state index is 0.0720. The van der Waals surface area contributed by atoms with Crippen LogP contribution in [0.25, 0.3) is 11.5 Å². The number of nitrogens with one attached hydrogen (secondary N) is 1. The molecule has 0 radical (unpaired) electrons. The van der Waals surface area contributed by atoms with Crippen molar-refractivity contribution in [1.82, 2.24) is 10.3 Å². The first-order valence-corrected chi connectivity index (χ1v) is 8.85. The summed E-state index contributed by atoms with van der Waals surface area (Å²) in [5, 5.41) is 16.0. The first-order valence-electron chi connectivity index (χ1n) is 7.90. The SMILES string of the molecule is CCC(CC)(CNC(=O)Cc1nc(-c2ccsc2)oc1C)C(=O)O. The van der Waals surface area contributed by atoms with Crippen LogP contribution in [0.2, 0.25) is 0 Å². The number of thiophene rings is 1. The molecule has 0 spiro atoms. The second kappa shape index (κ2) is 7.61. The zero-order chi connectivity index (χ0) is 17.7. The molecule has 130 valence electrons. The second-order valence-electron chi connectivity index (χ2n) is 5.78. The van der Waals surface area contributed by atoms with Gasteiger partial charge in [-0.2, -0.15) is 11.3 Å². The topological polar surface area (TPSA) is 92.4 Å². The summed E-state index contributed by atoms with van der Waals surface area (Å²) in [5.41, 5.74) is 0.537. The third-order valence-electron chi connectivity index (χ3n) is 4.42. The lowest BCUT2D eigenvalue weighted by molar-refractivity contribution is -0.149. The highest BCUT2D eigenvalue weighted by molar-refractivity contribution is 7.08. The lowest BCUT2D eigenvalue weighted by Crippen LogP contribution is -2.42. The zero-order valence-electron chi connectivity index (χ0n) is 14.1. The molecule has 0 aromatic carbocycles. The second-order valence-corrected chi connectivity index (χ2v) is 6.56. The van der Waals surface area contributed by atoms with E-state index in [0.717, 1.165) is 5.56 Å². The Hall–Kier alpha value is -2.15. The van der Waals surface area contributed by atoms with Gasteiger partial charge < -0.3 is 14.8 Å². The van der Waals surface area contributed by atoms with E-state index in [9.17, 15) is 14.7 Å². The van der Waals surface area contributed by atoms with Gasteiger partial charge >= 0.3 is 5.97 Å². The van der Waals surface area contributed by atoms with Gasteiger partial charge in [-0.15, -0.1) is 0 Å². The van der Waals surface area contributed by atoms with Crippen LogP contribution in [-0.2, 0) is 16.0 Å². The maximum Gasteiger partial charge on any atom is 0.311 e. The number of aliphatic carboxylic acids is 1. The van der Waals surface area contributed by atoms with Gasteiger partial charge in [0.25, 0.3) is 0 Å². The Bertz CT molecular complexity index is 702. The molecule has 2 rings (SSSR count). The molecular weight excluding hydrogens is 328 g/mol.